The Labute approximate surface area is 200 Å². The van der Waals surface area contributed by atoms with Crippen molar-refractivity contribution in [1.29, 1.82) is 0 Å². The summed E-state index contributed by atoms with van der Waals surface area (Å²) >= 11 is 1.36. The van der Waals surface area contributed by atoms with Crippen molar-refractivity contribution in [3.05, 3.63) is 40.9 Å². The van der Waals surface area contributed by atoms with Crippen molar-refractivity contribution in [3.63, 3.8) is 0 Å². The van der Waals surface area contributed by atoms with Crippen molar-refractivity contribution in [2.24, 2.45) is 0 Å². The summed E-state index contributed by atoms with van der Waals surface area (Å²) in [5, 5.41) is 41.8. The first-order chi connectivity index (χ1) is 16.1. The van der Waals surface area contributed by atoms with Gasteiger partial charge in [-0.15, -0.1) is 11.3 Å². The highest BCUT2D eigenvalue weighted by atomic mass is 32.1. The molecule has 190 valence electrons. The van der Waals surface area contributed by atoms with E-state index in [1.165, 1.54) is 23.5 Å². The van der Waals surface area contributed by atoms with E-state index in [0.717, 1.165) is 43.5 Å². The van der Waals surface area contributed by atoms with Crippen LogP contribution in [0.4, 0.5) is 13.2 Å². The van der Waals surface area contributed by atoms with Crippen molar-refractivity contribution < 1.29 is 38.3 Å². The van der Waals surface area contributed by atoms with Crippen LogP contribution in [0.5, 0.6) is 0 Å². The van der Waals surface area contributed by atoms with E-state index < -0.39 is 36.2 Å². The van der Waals surface area contributed by atoms with Gasteiger partial charge in [-0.1, -0.05) is 25.0 Å². The fraction of sp³-hybridized carbons (Fsp3) is 0.609. The summed E-state index contributed by atoms with van der Waals surface area (Å²) in [7, 11) is 0. The van der Waals surface area contributed by atoms with E-state index in [1.54, 1.807) is 0 Å². The molecule has 4 N–H and O–H groups in total. The zero-order valence-corrected chi connectivity index (χ0v) is 19.5. The second-order valence-electron chi connectivity index (χ2n) is 8.56. The predicted molar refractivity (Wildman–Crippen MR) is 121 cm³/mol. The van der Waals surface area contributed by atoms with Crippen molar-refractivity contribution in [1.82, 2.24) is 9.88 Å². The molecule has 1 saturated heterocycles. The topological polar surface area (TPSA) is 106 Å². The number of β-amino-alcohol motifs (C(OH)–C–C–N with tert-alkyl or cyclic N) is 2. The largest absolute Gasteiger partial charge is 0.416 e. The molecule has 3 rings (SSSR count). The normalized spacial score (nSPS) is 24.3. The molecule has 0 unspecified atom stereocenters. The first-order valence-electron chi connectivity index (χ1n) is 11.3. The van der Waals surface area contributed by atoms with Gasteiger partial charge in [0, 0.05) is 30.6 Å². The van der Waals surface area contributed by atoms with Gasteiger partial charge in [0.05, 0.1) is 30.1 Å². The molecular weight excluding hydrogens is 473 g/mol. The van der Waals surface area contributed by atoms with Gasteiger partial charge in [0.1, 0.15) is 17.2 Å². The lowest BCUT2D eigenvalue weighted by Crippen LogP contribution is -2.43. The fourth-order valence-corrected chi connectivity index (χ4v) is 4.65. The molecule has 1 aromatic heterocycles. The third kappa shape index (κ3) is 7.70. The number of nitrogens with zero attached hydrogens (tertiary/aromatic N) is 2. The minimum atomic E-state index is -4.36. The maximum atomic E-state index is 12.7. The first kappa shape index (κ1) is 27.0. The smallest absolute Gasteiger partial charge is 0.389 e. The van der Waals surface area contributed by atoms with Crippen LogP contribution in [0.25, 0.3) is 10.6 Å². The standard InChI is InChI=1S/C23H31F3N2O5S/c24-23(25,26)16-7-5-15(6-8-16)22-27-17(14-34-22)13-33-10-4-2-1-3-9-28-11-18(29)20(31)21(32)19(30)12-28/h5-8,14,18-21,29-32H,1-4,9-13H2/t18-,19-,20+,21+/m0/s1. The van der Waals surface area contributed by atoms with Crippen molar-refractivity contribution in [3.8, 4) is 10.6 Å². The second-order valence-corrected chi connectivity index (χ2v) is 9.42. The average molecular weight is 505 g/mol. The number of unbranched alkanes of at least 4 members (excludes halogenated alkanes) is 3. The molecule has 2 aromatic rings. The van der Waals surface area contributed by atoms with E-state index in [4.69, 9.17) is 4.74 Å². The molecular formula is C23H31F3N2O5S. The zero-order chi connectivity index (χ0) is 24.7. The van der Waals surface area contributed by atoms with Crippen LogP contribution in [0.15, 0.2) is 29.6 Å². The second kappa shape index (κ2) is 12.4. The van der Waals surface area contributed by atoms with Crippen molar-refractivity contribution >= 4 is 11.3 Å². The summed E-state index contributed by atoms with van der Waals surface area (Å²) in [5.74, 6) is 0. The molecule has 0 bridgehead atoms. The van der Waals surface area contributed by atoms with Gasteiger partial charge in [-0.2, -0.15) is 13.2 Å². The minimum Gasteiger partial charge on any atom is -0.389 e. The quantitative estimate of drug-likeness (QED) is 0.369. The lowest BCUT2D eigenvalue weighted by Gasteiger charge is -2.23. The predicted octanol–water partition coefficient (Wildman–Crippen LogP) is 2.67. The van der Waals surface area contributed by atoms with E-state index in [2.05, 4.69) is 4.98 Å². The van der Waals surface area contributed by atoms with Gasteiger partial charge in [-0.05, 0) is 31.5 Å². The van der Waals surface area contributed by atoms with Crippen LogP contribution in [0.3, 0.4) is 0 Å². The molecule has 7 nitrogen and oxygen atoms in total. The molecule has 1 fully saturated rings. The summed E-state index contributed by atoms with van der Waals surface area (Å²) in [6.07, 6.45) is -5.64. The number of hydrogen-bond donors (Lipinski definition) is 4. The third-order valence-electron chi connectivity index (χ3n) is 5.80. The molecule has 11 heteroatoms. The van der Waals surface area contributed by atoms with Gasteiger partial charge in [-0.3, -0.25) is 4.90 Å². The van der Waals surface area contributed by atoms with E-state index >= 15 is 0 Å². The third-order valence-corrected chi connectivity index (χ3v) is 6.74. The van der Waals surface area contributed by atoms with Crippen LogP contribution in [-0.2, 0) is 17.5 Å². The van der Waals surface area contributed by atoms with Gasteiger partial charge < -0.3 is 25.2 Å². The van der Waals surface area contributed by atoms with Crippen LogP contribution in [0.1, 0.15) is 36.9 Å². The Hall–Kier alpha value is -1.60. The summed E-state index contributed by atoms with van der Waals surface area (Å²) in [5.41, 5.74) is 0.691. The molecule has 0 aliphatic carbocycles. The fourth-order valence-electron chi connectivity index (χ4n) is 3.83. The molecule has 0 radical (unpaired) electrons. The molecule has 4 atom stereocenters. The molecule has 1 aliphatic heterocycles. The lowest BCUT2D eigenvalue weighted by atomic mass is 10.1. The summed E-state index contributed by atoms with van der Waals surface area (Å²) in [6, 6.07) is 4.95. The number of likely N-dealkylation sites (tertiary alicyclic amines) is 1. The van der Waals surface area contributed by atoms with Gasteiger partial charge in [-0.25, -0.2) is 4.98 Å². The monoisotopic (exact) mass is 504 g/mol. The number of aliphatic hydroxyl groups is 4. The van der Waals surface area contributed by atoms with E-state index in [9.17, 15) is 33.6 Å². The number of alkyl halides is 3. The highest BCUT2D eigenvalue weighted by Crippen LogP contribution is 2.31. The Morgan fingerprint density at radius 2 is 1.56 bits per heavy atom. The molecule has 34 heavy (non-hydrogen) atoms. The lowest BCUT2D eigenvalue weighted by molar-refractivity contribution is -0.137. The number of aromatic nitrogens is 1. The van der Waals surface area contributed by atoms with E-state index in [1.807, 2.05) is 10.3 Å². The average Bonchev–Trinajstić information content (AvgIpc) is 3.24. The van der Waals surface area contributed by atoms with Gasteiger partial charge in [0.25, 0.3) is 0 Å². The Balaban J connectivity index is 1.29. The number of ether oxygens (including phenoxy) is 1. The summed E-state index contributed by atoms with van der Waals surface area (Å²) < 4.78 is 43.7. The molecule has 0 saturated carbocycles. The highest BCUT2D eigenvalue weighted by Gasteiger charge is 2.36. The molecule has 1 aromatic carbocycles. The molecule has 0 amide bonds. The number of rotatable bonds is 10. The Morgan fingerprint density at radius 1 is 0.941 bits per heavy atom. The Morgan fingerprint density at radius 3 is 2.18 bits per heavy atom. The summed E-state index contributed by atoms with van der Waals surface area (Å²) in [6.45, 7) is 1.97. The van der Waals surface area contributed by atoms with Gasteiger partial charge in [0.15, 0.2) is 0 Å². The highest BCUT2D eigenvalue weighted by molar-refractivity contribution is 7.13. The number of halogens is 3. The SMILES string of the molecule is O[C@H]1[C@H](O)[C@@H](O)CN(CCCCCCOCc2csc(-c3ccc(C(F)(F)F)cc3)n2)C[C@@H]1O. The molecule has 1 aliphatic rings. The number of benzene rings is 1. The van der Waals surface area contributed by atoms with Crippen LogP contribution in [0, 0.1) is 0 Å². The molecule has 2 heterocycles. The number of hydrogen-bond acceptors (Lipinski definition) is 8. The minimum absolute atomic E-state index is 0.209. The van der Waals surface area contributed by atoms with Crippen LogP contribution >= 0.6 is 11.3 Å². The Kier molecular flexibility index (Phi) is 9.84. The number of thiazole rings is 1. The summed E-state index contributed by atoms with van der Waals surface area (Å²) in [4.78, 5) is 6.28. The van der Waals surface area contributed by atoms with Crippen molar-refractivity contribution in [2.45, 2.75) is 62.9 Å². The maximum Gasteiger partial charge on any atom is 0.416 e. The van der Waals surface area contributed by atoms with Crippen LogP contribution < -0.4 is 0 Å². The van der Waals surface area contributed by atoms with E-state index in [-0.39, 0.29) is 13.1 Å². The van der Waals surface area contributed by atoms with Crippen LogP contribution in [-0.4, -0.2) is 81.0 Å². The van der Waals surface area contributed by atoms with Gasteiger partial charge >= 0.3 is 6.18 Å². The maximum absolute atomic E-state index is 12.7. The van der Waals surface area contributed by atoms with Crippen molar-refractivity contribution in [2.75, 3.05) is 26.2 Å². The first-order valence-corrected chi connectivity index (χ1v) is 12.2. The Bertz CT molecular complexity index is 864. The van der Waals surface area contributed by atoms with Crippen LogP contribution in [0.2, 0.25) is 0 Å². The van der Waals surface area contributed by atoms with E-state index in [0.29, 0.717) is 30.3 Å². The zero-order valence-electron chi connectivity index (χ0n) is 18.7. The van der Waals surface area contributed by atoms with Gasteiger partial charge in [0.2, 0.25) is 0 Å². The molecule has 0 spiro atoms. The number of aliphatic hydroxyl groups excluding tert-OH is 4.